The van der Waals surface area contributed by atoms with Crippen molar-refractivity contribution >= 4 is 30.3 Å². The Labute approximate surface area is 69.7 Å². The monoisotopic (exact) mass is 239 g/mol. The molecule has 0 N–H and O–H groups in total. The Bertz CT molecular complexity index is 110. The second-order valence-electron chi connectivity index (χ2n) is 2.76. The average molecular weight is 239 g/mol. The van der Waals surface area contributed by atoms with Crippen LogP contribution in [0.3, 0.4) is 0 Å². The Morgan fingerprint density at radius 1 is 1.22 bits per heavy atom. The number of rotatable bonds is 0. The van der Waals surface area contributed by atoms with Gasteiger partial charge in [0.15, 0.2) is 0 Å². The Morgan fingerprint density at radius 2 is 1.78 bits per heavy atom. The Kier molecular flexibility index (Phi) is 1.82. The van der Waals surface area contributed by atoms with E-state index in [1.165, 1.54) is 7.69 Å². The second-order valence-corrected chi connectivity index (χ2v) is 4.82. The average Bonchev–Trinajstić information content (AvgIpc) is 1.81. The lowest BCUT2D eigenvalue weighted by Crippen LogP contribution is -2.38. The summed E-state index contributed by atoms with van der Waals surface area (Å²) in [6, 6.07) is 0. The van der Waals surface area contributed by atoms with E-state index in [1.54, 1.807) is 0 Å². The van der Waals surface area contributed by atoms with Crippen molar-refractivity contribution in [3.8, 4) is 0 Å². The topological polar surface area (TPSA) is 18.5 Å². The summed E-state index contributed by atoms with van der Waals surface area (Å²) in [6.45, 7) is 6.00. The van der Waals surface area contributed by atoms with Crippen molar-refractivity contribution in [3.63, 3.8) is 0 Å². The smallest absolute Gasteiger partial charge is 0.404 e. The van der Waals surface area contributed by atoms with E-state index in [-0.39, 0.29) is 9.21 Å². The Hall–Kier alpha value is 0.715. The minimum Gasteiger partial charge on any atom is -0.404 e. The summed E-state index contributed by atoms with van der Waals surface area (Å²) in [5, 5.41) is 0. The highest BCUT2D eigenvalue weighted by atomic mass is 127. The van der Waals surface area contributed by atoms with Crippen molar-refractivity contribution in [3.05, 3.63) is 0 Å². The number of alkyl halides is 1. The van der Waals surface area contributed by atoms with Gasteiger partial charge in [0.1, 0.15) is 3.61 Å². The van der Waals surface area contributed by atoms with Crippen molar-refractivity contribution in [2.45, 2.75) is 30.0 Å². The zero-order valence-electron chi connectivity index (χ0n) is 5.77. The molecule has 0 aromatic heterocycles. The molecule has 0 spiro atoms. The molecule has 0 aromatic rings. The van der Waals surface area contributed by atoms with Crippen LogP contribution in [0.4, 0.5) is 0 Å². The van der Waals surface area contributed by atoms with E-state index in [0.29, 0.717) is 0 Å². The highest BCUT2D eigenvalue weighted by molar-refractivity contribution is 14.1. The van der Waals surface area contributed by atoms with Crippen LogP contribution in [0.2, 0.25) is 0 Å². The van der Waals surface area contributed by atoms with E-state index in [4.69, 9.17) is 9.31 Å². The molecule has 1 unspecified atom stereocenters. The third-order valence-corrected chi connectivity index (χ3v) is 3.24. The fourth-order valence-corrected chi connectivity index (χ4v) is 0.713. The minimum atomic E-state index is -0.218. The lowest BCUT2D eigenvalue weighted by molar-refractivity contribution is 0.0728. The SMILES string of the molecule is CC1(C)O[B]OC1(C)I. The predicted octanol–water partition coefficient (Wildman–Crippen LogP) is 1.50. The third kappa shape index (κ3) is 1.25. The van der Waals surface area contributed by atoms with E-state index < -0.39 is 0 Å². The summed E-state index contributed by atoms with van der Waals surface area (Å²) in [4.78, 5) is 0. The van der Waals surface area contributed by atoms with Gasteiger partial charge in [0.05, 0.1) is 5.60 Å². The van der Waals surface area contributed by atoms with Crippen LogP contribution in [0.25, 0.3) is 0 Å². The molecule has 1 atom stereocenters. The van der Waals surface area contributed by atoms with E-state index >= 15 is 0 Å². The quantitative estimate of drug-likeness (QED) is 0.362. The molecular weight excluding hydrogens is 230 g/mol. The largest absolute Gasteiger partial charge is 0.489 e. The van der Waals surface area contributed by atoms with E-state index in [9.17, 15) is 0 Å². The molecule has 1 aliphatic rings. The highest BCUT2D eigenvalue weighted by Gasteiger charge is 2.46. The zero-order valence-corrected chi connectivity index (χ0v) is 7.93. The van der Waals surface area contributed by atoms with Crippen molar-refractivity contribution in [1.29, 1.82) is 0 Å². The molecular formula is C5H9BIO2. The van der Waals surface area contributed by atoms with Crippen LogP contribution < -0.4 is 0 Å². The van der Waals surface area contributed by atoms with Crippen LogP contribution in [-0.4, -0.2) is 16.9 Å². The molecule has 1 aliphatic heterocycles. The van der Waals surface area contributed by atoms with Crippen LogP contribution in [0.5, 0.6) is 0 Å². The first-order valence-electron chi connectivity index (χ1n) is 2.82. The van der Waals surface area contributed by atoms with E-state index in [0.717, 1.165) is 0 Å². The highest BCUT2D eigenvalue weighted by Crippen LogP contribution is 2.39. The summed E-state index contributed by atoms with van der Waals surface area (Å²) >= 11 is 2.23. The molecule has 0 saturated carbocycles. The molecule has 1 fully saturated rings. The molecule has 0 amide bonds. The molecule has 4 heteroatoms. The summed E-state index contributed by atoms with van der Waals surface area (Å²) in [6.07, 6.45) is 0. The van der Waals surface area contributed by atoms with Crippen LogP contribution in [0.1, 0.15) is 20.8 Å². The first kappa shape index (κ1) is 7.82. The van der Waals surface area contributed by atoms with Gasteiger partial charge in [0, 0.05) is 0 Å². The summed E-state index contributed by atoms with van der Waals surface area (Å²) in [5.41, 5.74) is -0.201. The molecule has 0 bridgehead atoms. The van der Waals surface area contributed by atoms with Crippen LogP contribution in [0.15, 0.2) is 0 Å². The zero-order chi connectivity index (χ0) is 7.12. The Morgan fingerprint density at radius 3 is 1.89 bits per heavy atom. The van der Waals surface area contributed by atoms with Gasteiger partial charge in [-0.3, -0.25) is 0 Å². The minimum absolute atomic E-state index is 0.201. The summed E-state index contributed by atoms with van der Waals surface area (Å²) in [7, 11) is 1.41. The molecule has 1 radical (unpaired) electrons. The normalized spacial score (nSPS) is 40.4. The number of hydrogen-bond donors (Lipinski definition) is 0. The summed E-state index contributed by atoms with van der Waals surface area (Å²) in [5.74, 6) is 0. The first-order chi connectivity index (χ1) is 3.96. The fraction of sp³-hybridized carbons (Fsp3) is 1.00. The summed E-state index contributed by atoms with van der Waals surface area (Å²) < 4.78 is 10.2. The standard InChI is InChI=1S/C5H9BIO2/c1-4(2)5(3,7)9-6-8-4/h1-3H3. The van der Waals surface area contributed by atoms with Gasteiger partial charge in [0.25, 0.3) is 0 Å². The van der Waals surface area contributed by atoms with Gasteiger partial charge in [-0.25, -0.2) is 0 Å². The molecule has 1 saturated heterocycles. The van der Waals surface area contributed by atoms with Crippen molar-refractivity contribution in [2.75, 3.05) is 0 Å². The maximum Gasteiger partial charge on any atom is 0.489 e. The maximum absolute atomic E-state index is 5.20. The number of hydrogen-bond acceptors (Lipinski definition) is 2. The van der Waals surface area contributed by atoms with Gasteiger partial charge in [-0.15, -0.1) is 0 Å². The van der Waals surface area contributed by atoms with Crippen LogP contribution >= 0.6 is 22.6 Å². The third-order valence-electron chi connectivity index (χ3n) is 1.69. The van der Waals surface area contributed by atoms with Gasteiger partial charge < -0.3 is 9.31 Å². The second kappa shape index (κ2) is 2.10. The molecule has 0 aliphatic carbocycles. The number of halogens is 1. The van der Waals surface area contributed by atoms with Crippen molar-refractivity contribution in [2.24, 2.45) is 0 Å². The molecule has 51 valence electrons. The fourth-order valence-electron chi connectivity index (χ4n) is 0.482. The van der Waals surface area contributed by atoms with E-state index in [2.05, 4.69) is 22.6 Å². The Balaban J connectivity index is 2.75. The van der Waals surface area contributed by atoms with E-state index in [1.807, 2.05) is 20.8 Å². The van der Waals surface area contributed by atoms with Gasteiger partial charge in [-0.2, -0.15) is 0 Å². The molecule has 1 heterocycles. The van der Waals surface area contributed by atoms with Crippen molar-refractivity contribution < 1.29 is 9.31 Å². The van der Waals surface area contributed by atoms with Crippen LogP contribution in [0, 0.1) is 0 Å². The van der Waals surface area contributed by atoms with Gasteiger partial charge >= 0.3 is 7.69 Å². The molecule has 9 heavy (non-hydrogen) atoms. The first-order valence-corrected chi connectivity index (χ1v) is 3.90. The van der Waals surface area contributed by atoms with Crippen LogP contribution in [-0.2, 0) is 9.31 Å². The lowest BCUT2D eigenvalue weighted by Gasteiger charge is -2.30. The molecule has 2 nitrogen and oxygen atoms in total. The van der Waals surface area contributed by atoms with Gasteiger partial charge in [-0.05, 0) is 43.4 Å². The molecule has 1 rings (SSSR count). The predicted molar refractivity (Wildman–Crippen MR) is 44.4 cm³/mol. The molecule has 0 aromatic carbocycles. The van der Waals surface area contributed by atoms with Crippen molar-refractivity contribution in [1.82, 2.24) is 0 Å². The van der Waals surface area contributed by atoms with Gasteiger partial charge in [0.2, 0.25) is 0 Å². The van der Waals surface area contributed by atoms with Gasteiger partial charge in [-0.1, -0.05) is 0 Å². The maximum atomic E-state index is 5.20. The lowest BCUT2D eigenvalue weighted by atomic mass is 10.0.